The fourth-order valence-corrected chi connectivity index (χ4v) is 4.12. The third kappa shape index (κ3) is 4.99. The Balaban J connectivity index is 1.72. The van der Waals surface area contributed by atoms with Crippen molar-refractivity contribution in [2.45, 2.75) is 50.6 Å². The molecule has 2 aromatic rings. The summed E-state index contributed by atoms with van der Waals surface area (Å²) in [5, 5.41) is 16.2. The Bertz CT molecular complexity index is 923. The predicted octanol–water partition coefficient (Wildman–Crippen LogP) is 1.78. The second-order valence-corrected chi connectivity index (χ2v) is 8.00. The van der Waals surface area contributed by atoms with E-state index in [0.29, 0.717) is 37.8 Å². The van der Waals surface area contributed by atoms with E-state index in [4.69, 9.17) is 5.73 Å². The van der Waals surface area contributed by atoms with Gasteiger partial charge in [-0.15, -0.1) is 0 Å². The number of rotatable bonds is 8. The molecule has 0 spiro atoms. The van der Waals surface area contributed by atoms with E-state index in [0.717, 1.165) is 23.7 Å². The summed E-state index contributed by atoms with van der Waals surface area (Å²) in [6.45, 7) is 0.399. The fraction of sp³-hybridized carbons (Fsp3) is 0.500. The van der Waals surface area contributed by atoms with Crippen LogP contribution in [0.15, 0.2) is 30.5 Å². The Morgan fingerprint density at radius 2 is 2.00 bits per heavy atom. The third-order valence-electron chi connectivity index (χ3n) is 5.88. The van der Waals surface area contributed by atoms with Crippen LogP contribution in [0.2, 0.25) is 0 Å². The molecule has 8 heteroatoms. The maximum atomic E-state index is 12.9. The van der Waals surface area contributed by atoms with E-state index in [9.17, 15) is 19.5 Å². The van der Waals surface area contributed by atoms with Gasteiger partial charge in [0, 0.05) is 30.4 Å². The fourth-order valence-electron chi connectivity index (χ4n) is 4.12. The lowest BCUT2D eigenvalue weighted by Crippen LogP contribution is -2.53. The third-order valence-corrected chi connectivity index (χ3v) is 5.88. The standard InChI is InChI=1S/C22H30N4O4/c1-26-12-10-14-8-9-15(13-19(14)26)20(27)25-18(7-4-11-23)21(28)24-17-6-3-2-5-16(17)22(29)30/h8-10,12-13,16-18H,2-7,11,23H2,1H3,(H,24,28)(H,25,27)(H,29,30)/t16-,17+,18+/m1/s1. The Morgan fingerprint density at radius 3 is 2.73 bits per heavy atom. The molecule has 3 atom stereocenters. The number of nitrogens with one attached hydrogen (secondary N) is 2. The number of nitrogens with two attached hydrogens (primary N) is 1. The first-order valence-electron chi connectivity index (χ1n) is 10.5. The number of carboxylic acid groups (broad SMARTS) is 1. The number of hydrogen-bond donors (Lipinski definition) is 4. The van der Waals surface area contributed by atoms with Crippen LogP contribution in [-0.2, 0) is 16.6 Å². The lowest BCUT2D eigenvalue weighted by molar-refractivity contribution is -0.144. The van der Waals surface area contributed by atoms with Crippen molar-refractivity contribution < 1.29 is 19.5 Å². The molecule has 1 saturated carbocycles. The van der Waals surface area contributed by atoms with Gasteiger partial charge in [0.15, 0.2) is 0 Å². The summed E-state index contributed by atoms with van der Waals surface area (Å²) in [4.78, 5) is 37.3. The van der Waals surface area contributed by atoms with Crippen LogP contribution in [-0.4, -0.2) is 46.1 Å². The number of aryl methyl sites for hydroxylation is 1. The molecule has 1 aromatic heterocycles. The van der Waals surface area contributed by atoms with Gasteiger partial charge in [-0.1, -0.05) is 18.9 Å². The molecule has 5 N–H and O–H groups in total. The quantitative estimate of drug-likeness (QED) is 0.524. The van der Waals surface area contributed by atoms with Gasteiger partial charge in [-0.3, -0.25) is 14.4 Å². The van der Waals surface area contributed by atoms with Gasteiger partial charge in [0.2, 0.25) is 5.91 Å². The zero-order valence-electron chi connectivity index (χ0n) is 17.3. The Kier molecular flexibility index (Phi) is 7.10. The average Bonchev–Trinajstić information content (AvgIpc) is 3.11. The molecule has 1 fully saturated rings. The molecule has 1 aliphatic carbocycles. The largest absolute Gasteiger partial charge is 0.481 e. The lowest BCUT2D eigenvalue weighted by Gasteiger charge is -2.31. The van der Waals surface area contributed by atoms with Gasteiger partial charge in [-0.05, 0) is 55.8 Å². The minimum atomic E-state index is -0.890. The molecule has 3 rings (SSSR count). The first-order chi connectivity index (χ1) is 14.4. The van der Waals surface area contributed by atoms with Gasteiger partial charge in [-0.25, -0.2) is 0 Å². The number of nitrogens with zero attached hydrogens (tertiary/aromatic N) is 1. The zero-order valence-corrected chi connectivity index (χ0v) is 17.3. The van der Waals surface area contributed by atoms with E-state index in [1.54, 1.807) is 12.1 Å². The lowest BCUT2D eigenvalue weighted by atomic mass is 9.84. The van der Waals surface area contributed by atoms with Crippen LogP contribution in [0.3, 0.4) is 0 Å². The molecule has 162 valence electrons. The number of hydrogen-bond acceptors (Lipinski definition) is 4. The van der Waals surface area contributed by atoms with E-state index in [-0.39, 0.29) is 11.8 Å². The number of aliphatic carboxylic acids is 1. The molecular weight excluding hydrogens is 384 g/mol. The monoisotopic (exact) mass is 414 g/mol. The molecule has 30 heavy (non-hydrogen) atoms. The van der Waals surface area contributed by atoms with Crippen molar-refractivity contribution in [1.29, 1.82) is 0 Å². The molecule has 1 heterocycles. The summed E-state index contributed by atoms with van der Waals surface area (Å²) < 4.78 is 1.93. The SMILES string of the molecule is Cn1ccc2ccc(C(=O)N[C@@H](CCCN)C(=O)N[C@H]3CCCC[C@H]3C(=O)O)cc21. The van der Waals surface area contributed by atoms with Crippen molar-refractivity contribution in [3.05, 3.63) is 36.0 Å². The second-order valence-electron chi connectivity index (χ2n) is 8.00. The summed E-state index contributed by atoms with van der Waals surface area (Å²) in [7, 11) is 1.91. The molecule has 0 aliphatic heterocycles. The van der Waals surface area contributed by atoms with Crippen molar-refractivity contribution in [3.63, 3.8) is 0 Å². The van der Waals surface area contributed by atoms with Crippen LogP contribution in [0.25, 0.3) is 10.9 Å². The average molecular weight is 415 g/mol. The number of benzene rings is 1. The summed E-state index contributed by atoms with van der Waals surface area (Å²) in [6, 6.07) is 6.19. The number of carbonyl (C=O) groups excluding carboxylic acids is 2. The molecule has 2 amide bonds. The molecule has 0 bridgehead atoms. The Morgan fingerprint density at radius 1 is 1.23 bits per heavy atom. The van der Waals surface area contributed by atoms with Crippen LogP contribution in [0, 0.1) is 5.92 Å². The van der Waals surface area contributed by atoms with Crippen LogP contribution in [0.4, 0.5) is 0 Å². The molecular formula is C22H30N4O4. The van der Waals surface area contributed by atoms with E-state index < -0.39 is 24.0 Å². The van der Waals surface area contributed by atoms with Crippen molar-refractivity contribution in [2.24, 2.45) is 18.7 Å². The summed E-state index contributed by atoms with van der Waals surface area (Å²) in [5.41, 5.74) is 7.00. The minimum absolute atomic E-state index is 0.339. The number of carbonyl (C=O) groups is 3. The number of fused-ring (bicyclic) bond motifs is 1. The number of aromatic nitrogens is 1. The highest BCUT2D eigenvalue weighted by molar-refractivity contribution is 6.00. The summed E-state index contributed by atoms with van der Waals surface area (Å²) in [6.07, 6.45) is 5.80. The van der Waals surface area contributed by atoms with E-state index >= 15 is 0 Å². The van der Waals surface area contributed by atoms with Gasteiger partial charge < -0.3 is 26.0 Å². The summed E-state index contributed by atoms with van der Waals surface area (Å²) in [5.74, 6) is -2.17. The van der Waals surface area contributed by atoms with Crippen LogP contribution >= 0.6 is 0 Å². The topological polar surface area (TPSA) is 126 Å². The van der Waals surface area contributed by atoms with Gasteiger partial charge in [0.25, 0.3) is 5.91 Å². The highest BCUT2D eigenvalue weighted by atomic mass is 16.4. The van der Waals surface area contributed by atoms with Crippen molar-refractivity contribution >= 4 is 28.7 Å². The second kappa shape index (κ2) is 9.75. The van der Waals surface area contributed by atoms with Crippen LogP contribution in [0.1, 0.15) is 48.9 Å². The van der Waals surface area contributed by atoms with Gasteiger partial charge in [0.05, 0.1) is 5.92 Å². The Hall–Kier alpha value is -2.87. The first kappa shape index (κ1) is 21.8. The maximum absolute atomic E-state index is 12.9. The molecule has 1 aliphatic rings. The first-order valence-corrected chi connectivity index (χ1v) is 10.5. The van der Waals surface area contributed by atoms with Crippen LogP contribution in [0.5, 0.6) is 0 Å². The van der Waals surface area contributed by atoms with E-state index in [1.807, 2.05) is 29.9 Å². The normalized spacial score (nSPS) is 19.9. The Labute approximate surface area is 175 Å². The molecule has 1 aromatic carbocycles. The maximum Gasteiger partial charge on any atom is 0.308 e. The molecule has 0 radical (unpaired) electrons. The number of carboxylic acids is 1. The molecule has 8 nitrogen and oxygen atoms in total. The molecule has 0 unspecified atom stereocenters. The van der Waals surface area contributed by atoms with E-state index in [1.165, 1.54) is 0 Å². The molecule has 0 saturated heterocycles. The number of amides is 2. The smallest absolute Gasteiger partial charge is 0.308 e. The summed E-state index contributed by atoms with van der Waals surface area (Å²) >= 11 is 0. The van der Waals surface area contributed by atoms with Gasteiger partial charge in [0.1, 0.15) is 6.04 Å². The van der Waals surface area contributed by atoms with Crippen molar-refractivity contribution in [2.75, 3.05) is 6.54 Å². The van der Waals surface area contributed by atoms with Gasteiger partial charge >= 0.3 is 5.97 Å². The van der Waals surface area contributed by atoms with Gasteiger partial charge in [-0.2, -0.15) is 0 Å². The van der Waals surface area contributed by atoms with E-state index in [2.05, 4.69) is 10.6 Å². The zero-order chi connectivity index (χ0) is 21.7. The van der Waals surface area contributed by atoms with Crippen molar-refractivity contribution in [1.82, 2.24) is 15.2 Å². The van der Waals surface area contributed by atoms with Crippen LogP contribution < -0.4 is 16.4 Å². The predicted molar refractivity (Wildman–Crippen MR) is 114 cm³/mol. The van der Waals surface area contributed by atoms with Crippen molar-refractivity contribution in [3.8, 4) is 0 Å². The highest BCUT2D eigenvalue weighted by Gasteiger charge is 2.33. The highest BCUT2D eigenvalue weighted by Crippen LogP contribution is 2.25. The minimum Gasteiger partial charge on any atom is -0.481 e.